The summed E-state index contributed by atoms with van der Waals surface area (Å²) in [5.41, 5.74) is 5.08. The van der Waals surface area contributed by atoms with E-state index in [4.69, 9.17) is 27.5 Å². The summed E-state index contributed by atoms with van der Waals surface area (Å²) in [6, 6.07) is 7.33. The molecule has 0 aromatic heterocycles. The molecule has 6 nitrogen and oxygen atoms in total. The minimum Gasteiger partial charge on any atom is -0.447 e. The lowest BCUT2D eigenvalue weighted by Crippen LogP contribution is -2.11. The Kier molecular flexibility index (Phi) is 4.04. The molecular weight excluding hydrogens is 301 g/mol. The first-order chi connectivity index (χ1) is 9.88. The lowest BCUT2D eigenvalue weighted by Gasteiger charge is -2.08. The van der Waals surface area contributed by atoms with E-state index >= 15 is 0 Å². The highest BCUT2D eigenvalue weighted by Gasteiger charge is 2.18. The molecular formula is C13H9ClFN3O3. The first kappa shape index (κ1) is 14.7. The van der Waals surface area contributed by atoms with Crippen molar-refractivity contribution >= 4 is 23.1 Å². The molecule has 8 heteroatoms. The van der Waals surface area contributed by atoms with Crippen molar-refractivity contribution in [1.29, 1.82) is 5.41 Å². The van der Waals surface area contributed by atoms with Gasteiger partial charge in [0.1, 0.15) is 5.84 Å². The van der Waals surface area contributed by atoms with Gasteiger partial charge in [-0.25, -0.2) is 4.39 Å². The van der Waals surface area contributed by atoms with Gasteiger partial charge in [-0.2, -0.15) is 0 Å². The van der Waals surface area contributed by atoms with Crippen molar-refractivity contribution in [1.82, 2.24) is 0 Å². The van der Waals surface area contributed by atoms with E-state index in [0.717, 1.165) is 6.07 Å². The zero-order chi connectivity index (χ0) is 15.6. The van der Waals surface area contributed by atoms with Crippen LogP contribution in [0.5, 0.6) is 11.5 Å². The summed E-state index contributed by atoms with van der Waals surface area (Å²) < 4.78 is 19.1. The third kappa shape index (κ3) is 3.26. The molecule has 0 aliphatic rings. The molecule has 0 heterocycles. The van der Waals surface area contributed by atoms with Gasteiger partial charge in [0, 0.05) is 22.7 Å². The average Bonchev–Trinajstić information content (AvgIpc) is 2.40. The molecule has 0 aliphatic carbocycles. The molecule has 0 atom stereocenters. The van der Waals surface area contributed by atoms with Crippen molar-refractivity contribution in [2.24, 2.45) is 5.73 Å². The number of nitro groups is 1. The van der Waals surface area contributed by atoms with Gasteiger partial charge in [-0.3, -0.25) is 15.5 Å². The molecule has 0 fully saturated rings. The first-order valence-electron chi connectivity index (χ1n) is 5.64. The number of nitrogens with one attached hydrogen (secondary N) is 1. The number of hydrogen-bond donors (Lipinski definition) is 2. The van der Waals surface area contributed by atoms with Crippen LogP contribution in [0.15, 0.2) is 36.4 Å². The fourth-order valence-corrected chi connectivity index (χ4v) is 1.75. The average molecular weight is 310 g/mol. The maximum atomic E-state index is 13.8. The minimum absolute atomic E-state index is 0.179. The second-order valence-electron chi connectivity index (χ2n) is 4.03. The molecule has 108 valence electrons. The van der Waals surface area contributed by atoms with E-state index in [-0.39, 0.29) is 33.6 Å². The number of amidine groups is 1. The molecule has 2 aromatic carbocycles. The second-order valence-corrected chi connectivity index (χ2v) is 4.47. The van der Waals surface area contributed by atoms with Crippen LogP contribution in [-0.2, 0) is 0 Å². The molecule has 0 amide bonds. The standard InChI is InChI=1S/C13H9ClFN3O3/c14-8-2-3-10(18(19)20)12(6-8)21-11-4-1-7(13(16)17)5-9(11)15/h1-6H,(H3,16,17). The van der Waals surface area contributed by atoms with E-state index < -0.39 is 10.7 Å². The highest BCUT2D eigenvalue weighted by molar-refractivity contribution is 6.30. The normalized spacial score (nSPS) is 10.2. The predicted octanol–water partition coefficient (Wildman–Crippen LogP) is 3.46. The van der Waals surface area contributed by atoms with Crippen LogP contribution in [0, 0.1) is 21.3 Å². The van der Waals surface area contributed by atoms with E-state index in [1.807, 2.05) is 0 Å². The number of halogens is 2. The van der Waals surface area contributed by atoms with Gasteiger partial charge in [-0.15, -0.1) is 0 Å². The largest absolute Gasteiger partial charge is 0.447 e. The Morgan fingerprint density at radius 2 is 2.00 bits per heavy atom. The van der Waals surface area contributed by atoms with E-state index in [9.17, 15) is 14.5 Å². The van der Waals surface area contributed by atoms with Crippen molar-refractivity contribution in [3.05, 3.63) is 62.9 Å². The van der Waals surface area contributed by atoms with Gasteiger partial charge in [-0.1, -0.05) is 11.6 Å². The van der Waals surface area contributed by atoms with Crippen LogP contribution in [0.1, 0.15) is 5.56 Å². The lowest BCUT2D eigenvalue weighted by molar-refractivity contribution is -0.385. The topological polar surface area (TPSA) is 102 Å². The smallest absolute Gasteiger partial charge is 0.311 e. The van der Waals surface area contributed by atoms with Gasteiger partial charge in [0.2, 0.25) is 5.75 Å². The molecule has 0 bridgehead atoms. The van der Waals surface area contributed by atoms with Crippen molar-refractivity contribution in [3.63, 3.8) is 0 Å². The Morgan fingerprint density at radius 3 is 2.57 bits per heavy atom. The third-order valence-electron chi connectivity index (χ3n) is 2.58. The maximum Gasteiger partial charge on any atom is 0.311 e. The van der Waals surface area contributed by atoms with Gasteiger partial charge in [-0.05, 0) is 24.3 Å². The quantitative estimate of drug-likeness (QED) is 0.390. The predicted molar refractivity (Wildman–Crippen MR) is 75.6 cm³/mol. The second kappa shape index (κ2) is 5.76. The van der Waals surface area contributed by atoms with Gasteiger partial charge in [0.15, 0.2) is 11.6 Å². The summed E-state index contributed by atoms with van der Waals surface area (Å²) >= 11 is 5.75. The summed E-state index contributed by atoms with van der Waals surface area (Å²) in [6.45, 7) is 0. The highest BCUT2D eigenvalue weighted by Crippen LogP contribution is 2.34. The number of hydrogen-bond acceptors (Lipinski definition) is 4. The Balaban J connectivity index is 2.40. The van der Waals surface area contributed by atoms with Crippen LogP contribution in [0.3, 0.4) is 0 Å². The summed E-state index contributed by atoms with van der Waals surface area (Å²) in [5.74, 6) is -1.50. The van der Waals surface area contributed by atoms with E-state index in [2.05, 4.69) is 0 Å². The van der Waals surface area contributed by atoms with Crippen molar-refractivity contribution in [2.75, 3.05) is 0 Å². The monoisotopic (exact) mass is 309 g/mol. The number of nitrogens with two attached hydrogens (primary N) is 1. The summed E-state index contributed by atoms with van der Waals surface area (Å²) in [4.78, 5) is 10.2. The molecule has 0 saturated carbocycles. The Labute approximate surface area is 123 Å². The van der Waals surface area contributed by atoms with Gasteiger partial charge in [0.25, 0.3) is 0 Å². The number of nitrogens with zero attached hydrogens (tertiary/aromatic N) is 1. The molecule has 3 N–H and O–H groups in total. The van der Waals surface area contributed by atoms with E-state index in [0.29, 0.717) is 0 Å². The third-order valence-corrected chi connectivity index (χ3v) is 2.82. The SMILES string of the molecule is N=C(N)c1ccc(Oc2cc(Cl)ccc2[N+](=O)[O-])c(F)c1. The molecule has 21 heavy (non-hydrogen) atoms. The number of benzene rings is 2. The van der Waals surface area contributed by atoms with Crippen molar-refractivity contribution < 1.29 is 14.1 Å². The van der Waals surface area contributed by atoms with Crippen LogP contribution in [0.25, 0.3) is 0 Å². The van der Waals surface area contributed by atoms with Crippen LogP contribution < -0.4 is 10.5 Å². The molecule has 2 rings (SSSR count). The maximum absolute atomic E-state index is 13.8. The van der Waals surface area contributed by atoms with Crippen LogP contribution >= 0.6 is 11.6 Å². The van der Waals surface area contributed by atoms with Crippen LogP contribution in [-0.4, -0.2) is 10.8 Å². The van der Waals surface area contributed by atoms with E-state index in [1.54, 1.807) is 0 Å². The summed E-state index contributed by atoms with van der Waals surface area (Å²) in [7, 11) is 0. The summed E-state index contributed by atoms with van der Waals surface area (Å²) in [5, 5.41) is 18.3. The summed E-state index contributed by atoms with van der Waals surface area (Å²) in [6.07, 6.45) is 0. The Hall–Kier alpha value is -2.67. The molecule has 0 spiro atoms. The van der Waals surface area contributed by atoms with Crippen molar-refractivity contribution in [2.45, 2.75) is 0 Å². The Bertz CT molecular complexity index is 737. The first-order valence-corrected chi connectivity index (χ1v) is 6.02. The fourth-order valence-electron chi connectivity index (χ4n) is 1.59. The van der Waals surface area contributed by atoms with Gasteiger partial charge in [0.05, 0.1) is 4.92 Å². The molecule has 0 unspecified atom stereocenters. The number of rotatable bonds is 4. The molecule has 0 aliphatic heterocycles. The molecule has 0 saturated heterocycles. The minimum atomic E-state index is -0.794. The zero-order valence-electron chi connectivity index (χ0n) is 10.5. The van der Waals surface area contributed by atoms with Crippen molar-refractivity contribution in [3.8, 4) is 11.5 Å². The lowest BCUT2D eigenvalue weighted by atomic mass is 10.2. The van der Waals surface area contributed by atoms with E-state index in [1.165, 1.54) is 30.3 Å². The number of nitrogen functional groups attached to an aromatic ring is 1. The van der Waals surface area contributed by atoms with Gasteiger partial charge < -0.3 is 10.5 Å². The van der Waals surface area contributed by atoms with Crippen LogP contribution in [0.2, 0.25) is 5.02 Å². The molecule has 0 radical (unpaired) electrons. The number of nitro benzene ring substituents is 1. The molecule has 2 aromatic rings. The fraction of sp³-hybridized carbons (Fsp3) is 0. The highest BCUT2D eigenvalue weighted by atomic mass is 35.5. The Morgan fingerprint density at radius 1 is 1.29 bits per heavy atom. The van der Waals surface area contributed by atoms with Gasteiger partial charge >= 0.3 is 5.69 Å². The number of ether oxygens (including phenoxy) is 1. The van der Waals surface area contributed by atoms with Crippen LogP contribution in [0.4, 0.5) is 10.1 Å². The zero-order valence-corrected chi connectivity index (χ0v) is 11.2.